The van der Waals surface area contributed by atoms with Crippen LogP contribution in [0.3, 0.4) is 0 Å². The van der Waals surface area contributed by atoms with Crippen LogP contribution in [-0.4, -0.2) is 9.85 Å². The summed E-state index contributed by atoms with van der Waals surface area (Å²) < 4.78 is 0.301. The summed E-state index contributed by atoms with van der Waals surface area (Å²) in [6.45, 7) is 20.1. The van der Waals surface area contributed by atoms with Crippen LogP contribution in [0.1, 0.15) is 111 Å². The van der Waals surface area contributed by atoms with Crippen molar-refractivity contribution in [1.82, 2.24) is 0 Å². The highest BCUT2D eigenvalue weighted by Crippen LogP contribution is 2.41. The maximum atomic E-state index is 10.9. The summed E-state index contributed by atoms with van der Waals surface area (Å²) in [6, 6.07) is 4.45. The molecule has 2 heteroatoms. The molecule has 1 aromatic rings. The van der Waals surface area contributed by atoms with Gasteiger partial charge in [-0.1, -0.05) is 100 Å². The molecule has 0 aliphatic rings. The van der Waals surface area contributed by atoms with Gasteiger partial charge < -0.3 is 5.11 Å². The lowest BCUT2D eigenvalue weighted by atomic mass is 9.78. The number of phenolic OH excluding ortho intramolecular Hbond substituents is 1. The number of rotatable bonds is 8. The van der Waals surface area contributed by atoms with E-state index in [0.29, 0.717) is 10.5 Å². The molecule has 1 aromatic carbocycles. The van der Waals surface area contributed by atoms with Gasteiger partial charge in [-0.2, -0.15) is 11.8 Å². The number of thioether (sulfide) groups is 1. The minimum atomic E-state index is -0.0551. The molecule has 0 amide bonds. The third-order valence-electron chi connectivity index (χ3n) is 5.05. The predicted octanol–water partition coefficient (Wildman–Crippen LogP) is 7.97. The molecule has 0 unspecified atom stereocenters. The first-order valence-electron chi connectivity index (χ1n) is 10.3. The average molecular weight is 379 g/mol. The highest BCUT2D eigenvalue weighted by Gasteiger charge is 2.27. The Morgan fingerprint density at radius 3 is 1.73 bits per heavy atom. The summed E-state index contributed by atoms with van der Waals surface area (Å²) in [5.41, 5.74) is 3.37. The molecule has 150 valence electrons. The molecule has 0 aromatic heterocycles. The smallest absolute Gasteiger partial charge is 0.123 e. The molecule has 0 saturated carbocycles. The second-order valence-electron chi connectivity index (χ2n) is 10.4. The van der Waals surface area contributed by atoms with Crippen LogP contribution in [0.4, 0.5) is 0 Å². The molecule has 0 atom stereocenters. The monoisotopic (exact) mass is 378 g/mol. The number of hydrogen-bond donors (Lipinski definition) is 1. The number of phenols is 1. The zero-order valence-corrected chi connectivity index (χ0v) is 19.6. The molecule has 26 heavy (non-hydrogen) atoms. The minimum absolute atomic E-state index is 0.0551. The van der Waals surface area contributed by atoms with Crippen molar-refractivity contribution in [2.75, 3.05) is 0 Å². The van der Waals surface area contributed by atoms with Gasteiger partial charge in [0.1, 0.15) is 5.75 Å². The fourth-order valence-electron chi connectivity index (χ4n) is 3.25. The first-order chi connectivity index (χ1) is 11.8. The summed E-state index contributed by atoms with van der Waals surface area (Å²) in [5, 5.41) is 10.9. The largest absolute Gasteiger partial charge is 0.507 e. The normalized spacial score (nSPS) is 13.3. The Morgan fingerprint density at radius 1 is 0.808 bits per heavy atom. The van der Waals surface area contributed by atoms with Crippen molar-refractivity contribution >= 4 is 11.8 Å². The van der Waals surface area contributed by atoms with Gasteiger partial charge in [-0.05, 0) is 33.9 Å². The molecule has 0 bridgehead atoms. The number of aromatic hydroxyl groups is 1. The summed E-state index contributed by atoms with van der Waals surface area (Å²) in [5.74, 6) is 1.49. The minimum Gasteiger partial charge on any atom is -0.507 e. The number of hydrogen-bond acceptors (Lipinski definition) is 2. The lowest BCUT2D eigenvalue weighted by Gasteiger charge is -2.29. The van der Waals surface area contributed by atoms with Gasteiger partial charge in [-0.3, -0.25) is 0 Å². The van der Waals surface area contributed by atoms with Gasteiger partial charge in [-0.25, -0.2) is 0 Å². The van der Waals surface area contributed by atoms with E-state index in [4.69, 9.17) is 0 Å². The van der Waals surface area contributed by atoms with Crippen LogP contribution in [0.2, 0.25) is 0 Å². The van der Waals surface area contributed by atoms with E-state index in [1.165, 1.54) is 37.7 Å². The van der Waals surface area contributed by atoms with Crippen LogP contribution < -0.4 is 0 Å². The van der Waals surface area contributed by atoms with Crippen molar-refractivity contribution < 1.29 is 5.11 Å². The Balaban J connectivity index is 2.99. The van der Waals surface area contributed by atoms with Crippen molar-refractivity contribution in [3.05, 3.63) is 28.8 Å². The zero-order valence-electron chi connectivity index (χ0n) is 18.8. The maximum Gasteiger partial charge on any atom is 0.123 e. The Morgan fingerprint density at radius 2 is 1.31 bits per heavy atom. The van der Waals surface area contributed by atoms with Gasteiger partial charge in [0.05, 0.1) is 0 Å². The molecular formula is C24H42OS. The fourth-order valence-corrected chi connectivity index (χ4v) is 4.26. The van der Waals surface area contributed by atoms with E-state index in [1.54, 1.807) is 0 Å². The van der Waals surface area contributed by atoms with E-state index < -0.39 is 0 Å². The molecule has 1 rings (SSSR count). The van der Waals surface area contributed by atoms with Crippen LogP contribution >= 0.6 is 11.8 Å². The van der Waals surface area contributed by atoms with Gasteiger partial charge >= 0.3 is 0 Å². The van der Waals surface area contributed by atoms with Gasteiger partial charge in [0.2, 0.25) is 0 Å². The molecule has 0 heterocycles. The molecule has 0 radical (unpaired) electrons. The second kappa shape index (κ2) is 9.04. The Hall–Kier alpha value is -0.630. The van der Waals surface area contributed by atoms with Crippen molar-refractivity contribution in [3.63, 3.8) is 0 Å². The standard InChI is InChI=1S/C24H42OS/c1-10-11-12-13-14-24(8,9)26-17-18-15-19(22(2,3)4)21(25)20(16-18)23(5,6)7/h15-16,25H,10-14,17H2,1-9H3. The van der Waals surface area contributed by atoms with Gasteiger partial charge in [-0.15, -0.1) is 0 Å². The SMILES string of the molecule is CCCCCCC(C)(C)SCc1cc(C(C)(C)C)c(O)c(C(C)(C)C)c1. The number of benzene rings is 1. The van der Waals surface area contributed by atoms with Crippen molar-refractivity contribution in [2.24, 2.45) is 0 Å². The highest BCUT2D eigenvalue weighted by atomic mass is 32.2. The summed E-state index contributed by atoms with van der Waals surface area (Å²) in [7, 11) is 0. The predicted molar refractivity (Wildman–Crippen MR) is 120 cm³/mol. The van der Waals surface area contributed by atoms with E-state index in [9.17, 15) is 5.11 Å². The molecular weight excluding hydrogens is 336 g/mol. The van der Waals surface area contributed by atoms with Crippen molar-refractivity contribution in [2.45, 2.75) is 116 Å². The van der Waals surface area contributed by atoms with Crippen LogP contribution in [0.5, 0.6) is 5.75 Å². The van der Waals surface area contributed by atoms with E-state index >= 15 is 0 Å². The Labute approximate surface area is 167 Å². The first-order valence-corrected chi connectivity index (χ1v) is 11.3. The van der Waals surface area contributed by atoms with Gasteiger partial charge in [0, 0.05) is 10.5 Å². The summed E-state index contributed by atoms with van der Waals surface area (Å²) in [6.07, 6.45) is 6.59. The lowest BCUT2D eigenvalue weighted by molar-refractivity contribution is 0.423. The highest BCUT2D eigenvalue weighted by molar-refractivity contribution is 7.99. The molecule has 1 N–H and O–H groups in total. The van der Waals surface area contributed by atoms with Crippen molar-refractivity contribution in [3.8, 4) is 5.75 Å². The van der Waals surface area contributed by atoms with E-state index in [1.807, 2.05) is 0 Å². The molecule has 0 spiro atoms. The molecule has 0 aliphatic carbocycles. The zero-order chi connectivity index (χ0) is 20.2. The lowest BCUT2D eigenvalue weighted by Crippen LogP contribution is -2.18. The topological polar surface area (TPSA) is 20.2 Å². The molecule has 0 saturated heterocycles. The van der Waals surface area contributed by atoms with Crippen molar-refractivity contribution in [1.29, 1.82) is 0 Å². The third-order valence-corrected chi connectivity index (χ3v) is 6.51. The Kier molecular flexibility index (Phi) is 8.14. The summed E-state index contributed by atoms with van der Waals surface area (Å²) in [4.78, 5) is 0. The molecule has 0 aliphatic heterocycles. The molecule has 0 fully saturated rings. The molecule has 1 nitrogen and oxygen atoms in total. The van der Waals surface area contributed by atoms with Crippen LogP contribution in [0, 0.1) is 0 Å². The van der Waals surface area contributed by atoms with Crippen LogP contribution in [0.25, 0.3) is 0 Å². The quantitative estimate of drug-likeness (QED) is 0.463. The Bertz CT molecular complexity index is 538. The second-order valence-corrected chi connectivity index (χ2v) is 12.1. The van der Waals surface area contributed by atoms with E-state index in [2.05, 4.69) is 86.2 Å². The third kappa shape index (κ3) is 7.18. The number of unbranched alkanes of at least 4 members (excludes halogenated alkanes) is 3. The fraction of sp³-hybridized carbons (Fsp3) is 0.750. The van der Waals surface area contributed by atoms with Gasteiger partial charge in [0.15, 0.2) is 0 Å². The van der Waals surface area contributed by atoms with Gasteiger partial charge in [0.25, 0.3) is 0 Å². The maximum absolute atomic E-state index is 10.9. The first kappa shape index (κ1) is 23.4. The van der Waals surface area contributed by atoms with Crippen LogP contribution in [-0.2, 0) is 16.6 Å². The summed E-state index contributed by atoms with van der Waals surface area (Å²) >= 11 is 2.05. The van der Waals surface area contributed by atoms with Crippen LogP contribution in [0.15, 0.2) is 12.1 Å². The average Bonchev–Trinajstić information content (AvgIpc) is 2.48. The van der Waals surface area contributed by atoms with E-state index in [-0.39, 0.29) is 10.8 Å². The van der Waals surface area contributed by atoms with E-state index in [0.717, 1.165) is 16.9 Å².